The molecule has 0 spiro atoms. The van der Waals surface area contributed by atoms with Crippen LogP contribution in [-0.4, -0.2) is 47.5 Å². The number of benzene rings is 1. The average molecular weight is 367 g/mol. The number of nitrogens with one attached hydrogen (secondary N) is 1. The maximum Gasteiger partial charge on any atom is 0.254 e. The van der Waals surface area contributed by atoms with Crippen molar-refractivity contribution in [2.45, 2.75) is 32.3 Å². The maximum atomic E-state index is 12.7. The first-order chi connectivity index (χ1) is 13.1. The Hall–Kier alpha value is -2.73. The number of pyridine rings is 1. The number of anilines is 1. The lowest BCUT2D eigenvalue weighted by Gasteiger charge is -2.31. The second kappa shape index (κ2) is 9.28. The first-order valence-corrected chi connectivity index (χ1v) is 9.31. The third-order valence-corrected chi connectivity index (χ3v) is 4.51. The minimum Gasteiger partial charge on any atom is -0.375 e. The van der Waals surface area contributed by atoms with Crippen LogP contribution in [0.5, 0.6) is 0 Å². The summed E-state index contributed by atoms with van der Waals surface area (Å²) >= 11 is 0. The molecule has 1 unspecified atom stereocenters. The van der Waals surface area contributed by atoms with Crippen molar-refractivity contribution in [1.82, 2.24) is 9.88 Å². The van der Waals surface area contributed by atoms with Crippen LogP contribution in [0.15, 0.2) is 48.8 Å². The fourth-order valence-electron chi connectivity index (χ4n) is 3.14. The summed E-state index contributed by atoms with van der Waals surface area (Å²) in [5, 5.41) is 2.89. The van der Waals surface area contributed by atoms with Gasteiger partial charge in [0.25, 0.3) is 5.91 Å². The van der Waals surface area contributed by atoms with Crippen LogP contribution in [0.25, 0.3) is 0 Å². The Balaban J connectivity index is 1.52. The second-order valence-electron chi connectivity index (χ2n) is 6.78. The van der Waals surface area contributed by atoms with E-state index in [-0.39, 0.29) is 17.9 Å². The van der Waals surface area contributed by atoms with Crippen molar-refractivity contribution >= 4 is 17.5 Å². The highest BCUT2D eigenvalue weighted by Gasteiger charge is 2.22. The second-order valence-corrected chi connectivity index (χ2v) is 6.78. The molecule has 6 heteroatoms. The summed E-state index contributed by atoms with van der Waals surface area (Å²) in [4.78, 5) is 30.7. The molecule has 1 aromatic heterocycles. The molecule has 1 N–H and O–H groups in total. The van der Waals surface area contributed by atoms with Crippen LogP contribution in [0.2, 0.25) is 0 Å². The van der Waals surface area contributed by atoms with E-state index in [4.69, 9.17) is 4.74 Å². The van der Waals surface area contributed by atoms with Crippen LogP contribution >= 0.6 is 0 Å². The third kappa shape index (κ3) is 5.62. The van der Waals surface area contributed by atoms with Crippen molar-refractivity contribution in [2.75, 3.05) is 25.0 Å². The zero-order valence-electron chi connectivity index (χ0n) is 15.6. The molecule has 27 heavy (non-hydrogen) atoms. The first kappa shape index (κ1) is 19.0. The fourth-order valence-corrected chi connectivity index (χ4v) is 3.14. The van der Waals surface area contributed by atoms with Gasteiger partial charge < -0.3 is 15.0 Å². The molecule has 0 saturated carbocycles. The van der Waals surface area contributed by atoms with Crippen LogP contribution < -0.4 is 5.32 Å². The summed E-state index contributed by atoms with van der Waals surface area (Å²) in [5.41, 5.74) is 2.35. The Morgan fingerprint density at radius 1 is 1.30 bits per heavy atom. The topological polar surface area (TPSA) is 71.5 Å². The van der Waals surface area contributed by atoms with E-state index in [2.05, 4.69) is 10.3 Å². The van der Waals surface area contributed by atoms with E-state index in [0.717, 1.165) is 18.4 Å². The summed E-state index contributed by atoms with van der Waals surface area (Å²) in [6.07, 6.45) is 5.59. The average Bonchev–Trinajstić information content (AvgIpc) is 2.68. The fraction of sp³-hybridized carbons (Fsp3) is 0.381. The molecule has 1 saturated heterocycles. The predicted octanol–water partition coefficient (Wildman–Crippen LogP) is 2.90. The number of hydrogen-bond acceptors (Lipinski definition) is 4. The van der Waals surface area contributed by atoms with Gasteiger partial charge in [-0.2, -0.15) is 0 Å². The van der Waals surface area contributed by atoms with Crippen LogP contribution in [0, 0.1) is 0 Å². The highest BCUT2D eigenvalue weighted by Crippen LogP contribution is 2.16. The van der Waals surface area contributed by atoms with Crippen LogP contribution in [-0.2, 0) is 16.0 Å². The number of aryl methyl sites for hydroxylation is 1. The normalized spacial score (nSPS) is 16.8. The van der Waals surface area contributed by atoms with Gasteiger partial charge in [0.2, 0.25) is 5.91 Å². The summed E-state index contributed by atoms with van der Waals surface area (Å²) < 4.78 is 5.49. The van der Waals surface area contributed by atoms with Crippen molar-refractivity contribution in [2.24, 2.45) is 0 Å². The van der Waals surface area contributed by atoms with E-state index in [1.54, 1.807) is 35.4 Å². The number of ether oxygens (including phenoxy) is 1. The van der Waals surface area contributed by atoms with Crippen molar-refractivity contribution in [3.63, 3.8) is 0 Å². The molecular weight excluding hydrogens is 342 g/mol. The number of amides is 2. The Morgan fingerprint density at radius 3 is 2.96 bits per heavy atom. The van der Waals surface area contributed by atoms with Crippen molar-refractivity contribution < 1.29 is 14.3 Å². The lowest BCUT2D eigenvalue weighted by Crippen LogP contribution is -2.44. The van der Waals surface area contributed by atoms with E-state index >= 15 is 0 Å². The molecule has 1 aliphatic heterocycles. The number of aromatic nitrogens is 1. The molecule has 1 aliphatic rings. The van der Waals surface area contributed by atoms with Gasteiger partial charge in [-0.3, -0.25) is 14.6 Å². The highest BCUT2D eigenvalue weighted by molar-refractivity contribution is 5.97. The summed E-state index contributed by atoms with van der Waals surface area (Å²) in [7, 11) is 0. The van der Waals surface area contributed by atoms with Gasteiger partial charge in [0.15, 0.2) is 0 Å². The molecule has 1 aromatic carbocycles. The molecule has 2 aromatic rings. The lowest BCUT2D eigenvalue weighted by molar-refractivity contribution is -0.116. The van der Waals surface area contributed by atoms with Crippen molar-refractivity contribution in [3.05, 3.63) is 59.9 Å². The standard InChI is InChI=1S/C21H25N3O3/c1-16-15-24(11-12-27-16)21(26)18-7-3-8-19(13-18)23-20(25)9-2-5-17-6-4-10-22-14-17/h3-4,6-8,10,13-14,16H,2,5,9,11-12,15H2,1H3,(H,23,25). The van der Waals surface area contributed by atoms with Crippen LogP contribution in [0.4, 0.5) is 5.69 Å². The third-order valence-electron chi connectivity index (χ3n) is 4.51. The van der Waals surface area contributed by atoms with Gasteiger partial charge in [0.05, 0.1) is 12.7 Å². The first-order valence-electron chi connectivity index (χ1n) is 9.31. The predicted molar refractivity (Wildman–Crippen MR) is 104 cm³/mol. The van der Waals surface area contributed by atoms with Crippen molar-refractivity contribution in [3.8, 4) is 0 Å². The summed E-state index contributed by atoms with van der Waals surface area (Å²) in [6.45, 7) is 3.69. The van der Waals surface area contributed by atoms with Gasteiger partial charge in [0, 0.05) is 43.2 Å². The van der Waals surface area contributed by atoms with Crippen molar-refractivity contribution in [1.29, 1.82) is 0 Å². The molecule has 0 aliphatic carbocycles. The quantitative estimate of drug-likeness (QED) is 0.852. The van der Waals surface area contributed by atoms with Gasteiger partial charge in [-0.05, 0) is 49.6 Å². The molecule has 1 fully saturated rings. The molecule has 3 rings (SSSR count). The smallest absolute Gasteiger partial charge is 0.254 e. The Kier molecular flexibility index (Phi) is 6.54. The molecule has 2 heterocycles. The zero-order chi connectivity index (χ0) is 19.1. The van der Waals surface area contributed by atoms with Gasteiger partial charge in [-0.15, -0.1) is 0 Å². The van der Waals surface area contributed by atoms with Crippen LogP contribution in [0.1, 0.15) is 35.7 Å². The van der Waals surface area contributed by atoms with Gasteiger partial charge in [-0.1, -0.05) is 12.1 Å². The molecular formula is C21H25N3O3. The highest BCUT2D eigenvalue weighted by atomic mass is 16.5. The molecule has 6 nitrogen and oxygen atoms in total. The lowest BCUT2D eigenvalue weighted by atomic mass is 10.1. The number of carbonyl (C=O) groups is 2. The Bertz CT molecular complexity index is 779. The van der Waals surface area contributed by atoms with Crippen LogP contribution in [0.3, 0.4) is 0 Å². The van der Waals surface area contributed by atoms with Gasteiger partial charge >= 0.3 is 0 Å². The molecule has 0 bridgehead atoms. The van der Waals surface area contributed by atoms with E-state index < -0.39 is 0 Å². The molecule has 1 atom stereocenters. The number of morpholine rings is 1. The SMILES string of the molecule is CC1CN(C(=O)c2cccc(NC(=O)CCCc3cccnc3)c2)CCO1. The van der Waals surface area contributed by atoms with E-state index in [1.807, 2.05) is 25.3 Å². The van der Waals surface area contributed by atoms with E-state index in [0.29, 0.717) is 37.4 Å². The zero-order valence-corrected chi connectivity index (χ0v) is 15.6. The van der Waals surface area contributed by atoms with Gasteiger partial charge in [0.1, 0.15) is 0 Å². The van der Waals surface area contributed by atoms with E-state index in [1.165, 1.54) is 0 Å². The monoisotopic (exact) mass is 367 g/mol. The molecule has 0 radical (unpaired) electrons. The minimum absolute atomic E-state index is 0.0298. The number of nitrogens with zero attached hydrogens (tertiary/aromatic N) is 2. The maximum absolute atomic E-state index is 12.7. The number of hydrogen-bond donors (Lipinski definition) is 1. The Morgan fingerprint density at radius 2 is 2.19 bits per heavy atom. The largest absolute Gasteiger partial charge is 0.375 e. The van der Waals surface area contributed by atoms with E-state index in [9.17, 15) is 9.59 Å². The molecule has 142 valence electrons. The number of rotatable bonds is 6. The summed E-state index contributed by atoms with van der Waals surface area (Å²) in [6, 6.07) is 11.0. The number of carbonyl (C=O) groups excluding carboxylic acids is 2. The Labute approximate surface area is 159 Å². The van der Waals surface area contributed by atoms with Gasteiger partial charge in [-0.25, -0.2) is 0 Å². The summed E-state index contributed by atoms with van der Waals surface area (Å²) in [5.74, 6) is -0.0821. The molecule has 2 amide bonds. The minimum atomic E-state index is -0.0523.